The summed E-state index contributed by atoms with van der Waals surface area (Å²) in [5, 5.41) is 12.4. The summed E-state index contributed by atoms with van der Waals surface area (Å²) in [6, 6.07) is 5.28. The summed E-state index contributed by atoms with van der Waals surface area (Å²) in [5.74, 6) is 0.516. The molecule has 2 amide bonds. The number of hydrogen-bond donors (Lipinski definition) is 2. The van der Waals surface area contributed by atoms with Crippen LogP contribution in [-0.2, 0) is 14.4 Å². The third-order valence-electron chi connectivity index (χ3n) is 3.59. The van der Waals surface area contributed by atoms with Crippen LogP contribution in [0.15, 0.2) is 23.3 Å². The zero-order valence-corrected chi connectivity index (χ0v) is 19.2. The van der Waals surface area contributed by atoms with Gasteiger partial charge in [0, 0.05) is 25.9 Å². The van der Waals surface area contributed by atoms with Crippen molar-refractivity contribution in [1.82, 2.24) is 10.6 Å². The van der Waals surface area contributed by atoms with Crippen LogP contribution in [-0.4, -0.2) is 44.8 Å². The SMILES string of the molecule is CC.O=CNCCCC(=O)NC1=NN(c2ccc(Cl)c(Cl)c2)CC1.[B]C(=O)CCC. The summed E-state index contributed by atoms with van der Waals surface area (Å²) in [4.78, 5) is 31.7. The molecule has 1 aliphatic rings. The highest BCUT2D eigenvalue weighted by molar-refractivity contribution is 6.57. The van der Waals surface area contributed by atoms with Gasteiger partial charge in [0.25, 0.3) is 0 Å². The molecule has 1 aromatic carbocycles. The second-order valence-corrected chi connectivity index (χ2v) is 6.77. The van der Waals surface area contributed by atoms with Crippen LogP contribution in [0.1, 0.15) is 52.9 Å². The van der Waals surface area contributed by atoms with Crippen molar-refractivity contribution < 1.29 is 14.4 Å². The molecule has 10 heteroatoms. The molecule has 1 aliphatic heterocycles. The van der Waals surface area contributed by atoms with Gasteiger partial charge in [0.1, 0.15) is 5.84 Å². The number of anilines is 1. The molecule has 0 aromatic heterocycles. The summed E-state index contributed by atoms with van der Waals surface area (Å²) >= 11 is 11.9. The monoisotopic (exact) mass is 454 g/mol. The Morgan fingerprint density at radius 3 is 2.47 bits per heavy atom. The predicted octanol–water partition coefficient (Wildman–Crippen LogP) is 3.67. The van der Waals surface area contributed by atoms with E-state index in [1.54, 1.807) is 17.1 Å². The van der Waals surface area contributed by atoms with Crippen molar-refractivity contribution in [3.63, 3.8) is 0 Å². The van der Waals surface area contributed by atoms with Gasteiger partial charge >= 0.3 is 0 Å². The summed E-state index contributed by atoms with van der Waals surface area (Å²) in [7, 11) is 4.76. The zero-order valence-electron chi connectivity index (χ0n) is 17.7. The van der Waals surface area contributed by atoms with Gasteiger partial charge in [0.15, 0.2) is 7.85 Å². The topological polar surface area (TPSA) is 90.9 Å². The number of benzene rings is 1. The number of carbonyl (C=O) groups is 3. The average molecular weight is 455 g/mol. The second-order valence-electron chi connectivity index (χ2n) is 5.96. The number of carbonyl (C=O) groups excluding carboxylic acids is 3. The highest BCUT2D eigenvalue weighted by atomic mass is 35.5. The third-order valence-corrected chi connectivity index (χ3v) is 4.33. The molecular formula is C20H29BCl2N4O3. The largest absolute Gasteiger partial charge is 0.359 e. The summed E-state index contributed by atoms with van der Waals surface area (Å²) < 4.78 is 0. The molecule has 0 saturated carbocycles. The molecular weight excluding hydrogens is 426 g/mol. The number of nitrogens with one attached hydrogen (secondary N) is 2. The van der Waals surface area contributed by atoms with Crippen LogP contribution in [0.5, 0.6) is 0 Å². The molecule has 2 rings (SSSR count). The van der Waals surface area contributed by atoms with E-state index in [0.29, 0.717) is 61.1 Å². The van der Waals surface area contributed by atoms with Gasteiger partial charge < -0.3 is 15.4 Å². The molecule has 7 nitrogen and oxygen atoms in total. The van der Waals surface area contributed by atoms with Crippen molar-refractivity contribution in [2.45, 2.75) is 52.9 Å². The van der Waals surface area contributed by atoms with E-state index in [1.807, 2.05) is 26.8 Å². The van der Waals surface area contributed by atoms with Crippen molar-refractivity contribution >= 4 is 60.6 Å². The van der Waals surface area contributed by atoms with Crippen molar-refractivity contribution in [1.29, 1.82) is 0 Å². The fourth-order valence-corrected chi connectivity index (χ4v) is 2.55. The molecule has 0 atom stereocenters. The number of nitrogens with zero attached hydrogens (tertiary/aromatic N) is 2. The quantitative estimate of drug-likeness (QED) is 0.356. The molecule has 0 bridgehead atoms. The summed E-state index contributed by atoms with van der Waals surface area (Å²) in [6.07, 6.45) is 3.57. The van der Waals surface area contributed by atoms with Crippen molar-refractivity contribution in [2.24, 2.45) is 5.10 Å². The molecule has 1 heterocycles. The number of hydrazone groups is 1. The van der Waals surface area contributed by atoms with Crippen LogP contribution in [0, 0.1) is 0 Å². The van der Waals surface area contributed by atoms with E-state index in [9.17, 15) is 14.4 Å². The third kappa shape index (κ3) is 11.8. The Kier molecular flexibility index (Phi) is 15.6. The summed E-state index contributed by atoms with van der Waals surface area (Å²) in [5.41, 5.74) is 0.617. The molecule has 0 unspecified atom stereocenters. The lowest BCUT2D eigenvalue weighted by Gasteiger charge is -2.13. The summed E-state index contributed by atoms with van der Waals surface area (Å²) in [6.45, 7) is 7.07. The first-order valence-corrected chi connectivity index (χ1v) is 10.7. The number of hydrogen-bond acceptors (Lipinski definition) is 5. The van der Waals surface area contributed by atoms with E-state index >= 15 is 0 Å². The highest BCUT2D eigenvalue weighted by Crippen LogP contribution is 2.28. The zero-order chi connectivity index (χ0) is 22.9. The molecule has 0 fully saturated rings. The Labute approximate surface area is 190 Å². The fraction of sp³-hybridized carbons (Fsp3) is 0.500. The first-order chi connectivity index (χ1) is 14.4. The molecule has 0 saturated heterocycles. The Morgan fingerprint density at radius 1 is 1.23 bits per heavy atom. The Bertz CT molecular complexity index is 717. The minimum absolute atomic E-state index is 0.109. The second kappa shape index (κ2) is 16.7. The van der Waals surface area contributed by atoms with E-state index in [4.69, 9.17) is 31.0 Å². The van der Waals surface area contributed by atoms with Gasteiger partial charge in [-0.05, 0) is 31.0 Å². The van der Waals surface area contributed by atoms with Crippen LogP contribution in [0.2, 0.25) is 10.0 Å². The Hall–Kier alpha value is -2.06. The molecule has 2 N–H and O–H groups in total. The first kappa shape index (κ1) is 27.9. The molecule has 2 radical (unpaired) electrons. The molecule has 0 aliphatic carbocycles. The average Bonchev–Trinajstić information content (AvgIpc) is 3.18. The fourth-order valence-electron chi connectivity index (χ4n) is 2.26. The number of amides is 2. The molecule has 164 valence electrons. The van der Waals surface area contributed by atoms with Gasteiger partial charge in [-0.3, -0.25) is 14.6 Å². The van der Waals surface area contributed by atoms with Crippen LogP contribution in [0.25, 0.3) is 0 Å². The van der Waals surface area contributed by atoms with E-state index in [2.05, 4.69) is 15.7 Å². The van der Waals surface area contributed by atoms with Crippen LogP contribution in [0.3, 0.4) is 0 Å². The minimum atomic E-state index is -0.211. The maximum Gasteiger partial charge on any atom is 0.225 e. The lowest BCUT2D eigenvalue weighted by molar-refractivity contribution is -0.120. The number of rotatable bonds is 8. The van der Waals surface area contributed by atoms with Crippen molar-refractivity contribution in [3.8, 4) is 0 Å². The standard InChI is InChI=1S/C14H16Cl2N4O2.C4H7BO.C2H6/c15-11-4-3-10(8-12(11)16)20-7-5-13(19-20)18-14(22)2-1-6-17-9-21;1-2-3-4(5)6;1-2/h3-4,8-9H,1-2,5-7H2,(H,17,21)(H,18,19,22);2-3H2,1H3;1-2H3. The smallest absolute Gasteiger partial charge is 0.225 e. The van der Waals surface area contributed by atoms with Gasteiger partial charge in [-0.25, -0.2) is 0 Å². The lowest BCUT2D eigenvalue weighted by Crippen LogP contribution is -2.29. The van der Waals surface area contributed by atoms with Crippen molar-refractivity contribution in [2.75, 3.05) is 18.1 Å². The molecule has 0 spiro atoms. The van der Waals surface area contributed by atoms with Gasteiger partial charge in [-0.15, -0.1) is 0 Å². The Balaban J connectivity index is 0.000000905. The van der Waals surface area contributed by atoms with Gasteiger partial charge in [-0.1, -0.05) is 50.4 Å². The van der Waals surface area contributed by atoms with Gasteiger partial charge in [-0.2, -0.15) is 5.10 Å². The minimum Gasteiger partial charge on any atom is -0.359 e. The first-order valence-electron chi connectivity index (χ1n) is 9.92. The maximum atomic E-state index is 11.7. The predicted molar refractivity (Wildman–Crippen MR) is 124 cm³/mol. The van der Waals surface area contributed by atoms with E-state index in [1.165, 1.54) is 0 Å². The van der Waals surface area contributed by atoms with E-state index < -0.39 is 0 Å². The molecule has 1 aromatic rings. The van der Waals surface area contributed by atoms with Crippen LogP contribution in [0.4, 0.5) is 5.69 Å². The van der Waals surface area contributed by atoms with E-state index in [-0.39, 0.29) is 11.6 Å². The van der Waals surface area contributed by atoms with Crippen molar-refractivity contribution in [3.05, 3.63) is 28.2 Å². The lowest BCUT2D eigenvalue weighted by atomic mass is 9.99. The molecule has 30 heavy (non-hydrogen) atoms. The van der Waals surface area contributed by atoms with E-state index in [0.717, 1.165) is 12.1 Å². The van der Waals surface area contributed by atoms with Gasteiger partial charge in [0.2, 0.25) is 12.3 Å². The highest BCUT2D eigenvalue weighted by Gasteiger charge is 2.18. The van der Waals surface area contributed by atoms with Crippen LogP contribution < -0.4 is 15.6 Å². The normalized spacial score (nSPS) is 11.9. The van der Waals surface area contributed by atoms with Crippen LogP contribution >= 0.6 is 23.2 Å². The van der Waals surface area contributed by atoms with Gasteiger partial charge in [0.05, 0.1) is 21.4 Å². The maximum absolute atomic E-state index is 11.7. The number of amidine groups is 1. The Morgan fingerprint density at radius 2 is 1.93 bits per heavy atom. The number of halogens is 2.